The van der Waals surface area contributed by atoms with Crippen LogP contribution in [0, 0.1) is 12.8 Å². The highest BCUT2D eigenvalue weighted by Gasteiger charge is 2.19. The lowest BCUT2D eigenvalue weighted by molar-refractivity contribution is 0.354. The largest absolute Gasteiger partial charge is 0.469 e. The molecular weight excluding hydrogens is 222 g/mol. The highest BCUT2D eigenvalue weighted by Crippen LogP contribution is 2.28. The van der Waals surface area contributed by atoms with Crippen LogP contribution in [0.4, 0.5) is 0 Å². The van der Waals surface area contributed by atoms with Gasteiger partial charge in [-0.1, -0.05) is 46.5 Å². The summed E-state index contributed by atoms with van der Waals surface area (Å²) in [6.45, 7) is 9.84. The van der Waals surface area contributed by atoms with Crippen molar-refractivity contribution in [3.05, 3.63) is 23.7 Å². The Kier molecular flexibility index (Phi) is 7.11. The molecule has 1 N–H and O–H groups in total. The fraction of sp³-hybridized carbons (Fsp3) is 0.750. The van der Waals surface area contributed by atoms with Gasteiger partial charge >= 0.3 is 0 Å². The zero-order chi connectivity index (χ0) is 13.4. The molecule has 0 aliphatic rings. The molecule has 0 amide bonds. The first-order chi connectivity index (χ1) is 8.72. The summed E-state index contributed by atoms with van der Waals surface area (Å²) in [4.78, 5) is 0. The third kappa shape index (κ3) is 4.49. The van der Waals surface area contributed by atoms with Crippen molar-refractivity contribution in [3.63, 3.8) is 0 Å². The zero-order valence-corrected chi connectivity index (χ0v) is 12.5. The molecule has 104 valence electrons. The first-order valence-electron chi connectivity index (χ1n) is 7.50. The van der Waals surface area contributed by atoms with E-state index < -0.39 is 0 Å². The van der Waals surface area contributed by atoms with Crippen molar-refractivity contribution < 1.29 is 4.42 Å². The summed E-state index contributed by atoms with van der Waals surface area (Å²) in [5.74, 6) is 1.88. The highest BCUT2D eigenvalue weighted by molar-refractivity contribution is 5.20. The number of hydrogen-bond acceptors (Lipinski definition) is 2. The molecule has 1 rings (SSSR count). The molecule has 0 bridgehead atoms. The van der Waals surface area contributed by atoms with Gasteiger partial charge < -0.3 is 9.73 Å². The van der Waals surface area contributed by atoms with Crippen LogP contribution in [0.5, 0.6) is 0 Å². The van der Waals surface area contributed by atoms with Gasteiger partial charge in [0.1, 0.15) is 5.76 Å². The summed E-state index contributed by atoms with van der Waals surface area (Å²) in [6, 6.07) is 2.57. The second-order valence-electron chi connectivity index (χ2n) is 5.19. The van der Waals surface area contributed by atoms with Crippen LogP contribution in [0.2, 0.25) is 0 Å². The molecule has 18 heavy (non-hydrogen) atoms. The second kappa shape index (κ2) is 8.36. The SMILES string of the molecule is CCCCC(CC)CC(NCC)c1ccoc1C. The van der Waals surface area contributed by atoms with Crippen LogP contribution in [-0.4, -0.2) is 6.54 Å². The Balaban J connectivity index is 2.64. The predicted molar refractivity (Wildman–Crippen MR) is 77.8 cm³/mol. The normalized spacial score (nSPS) is 14.7. The van der Waals surface area contributed by atoms with E-state index in [4.69, 9.17) is 4.42 Å². The Morgan fingerprint density at radius 3 is 2.56 bits per heavy atom. The zero-order valence-electron chi connectivity index (χ0n) is 12.5. The second-order valence-corrected chi connectivity index (χ2v) is 5.19. The predicted octanol–water partition coefficient (Wildman–Crippen LogP) is 4.85. The third-order valence-electron chi connectivity index (χ3n) is 3.84. The number of rotatable bonds is 9. The van der Waals surface area contributed by atoms with Crippen LogP contribution in [0.1, 0.15) is 70.2 Å². The van der Waals surface area contributed by atoms with Crippen molar-refractivity contribution in [2.45, 2.75) is 65.8 Å². The minimum Gasteiger partial charge on any atom is -0.469 e. The minimum atomic E-state index is 0.454. The van der Waals surface area contributed by atoms with E-state index in [0.29, 0.717) is 6.04 Å². The van der Waals surface area contributed by atoms with E-state index in [-0.39, 0.29) is 0 Å². The summed E-state index contributed by atoms with van der Waals surface area (Å²) >= 11 is 0. The van der Waals surface area contributed by atoms with Crippen molar-refractivity contribution in [2.75, 3.05) is 6.54 Å². The molecule has 0 spiro atoms. The van der Waals surface area contributed by atoms with E-state index in [0.717, 1.165) is 18.2 Å². The number of aryl methyl sites for hydroxylation is 1. The van der Waals surface area contributed by atoms with Crippen molar-refractivity contribution in [2.24, 2.45) is 5.92 Å². The lowest BCUT2D eigenvalue weighted by Crippen LogP contribution is -2.23. The molecule has 2 unspecified atom stereocenters. The quantitative estimate of drug-likeness (QED) is 0.679. The molecule has 2 heteroatoms. The van der Waals surface area contributed by atoms with Crippen molar-refractivity contribution >= 4 is 0 Å². The summed E-state index contributed by atoms with van der Waals surface area (Å²) < 4.78 is 5.45. The van der Waals surface area contributed by atoms with Gasteiger partial charge in [-0.3, -0.25) is 0 Å². The molecule has 1 aromatic rings. The van der Waals surface area contributed by atoms with Crippen LogP contribution in [0.25, 0.3) is 0 Å². The van der Waals surface area contributed by atoms with E-state index in [1.165, 1.54) is 37.7 Å². The monoisotopic (exact) mass is 251 g/mol. The Labute approximate surface area is 112 Å². The van der Waals surface area contributed by atoms with Crippen LogP contribution in [0.15, 0.2) is 16.7 Å². The average molecular weight is 251 g/mol. The van der Waals surface area contributed by atoms with Gasteiger partial charge in [0.2, 0.25) is 0 Å². The van der Waals surface area contributed by atoms with Crippen LogP contribution in [-0.2, 0) is 0 Å². The molecule has 0 saturated carbocycles. The fourth-order valence-corrected chi connectivity index (χ4v) is 2.64. The van der Waals surface area contributed by atoms with Crippen LogP contribution < -0.4 is 5.32 Å². The summed E-state index contributed by atoms with van der Waals surface area (Å²) in [6.07, 6.45) is 8.31. The first kappa shape index (κ1) is 15.3. The maximum absolute atomic E-state index is 5.45. The van der Waals surface area contributed by atoms with Gasteiger partial charge in [-0.25, -0.2) is 0 Å². The third-order valence-corrected chi connectivity index (χ3v) is 3.84. The van der Waals surface area contributed by atoms with Gasteiger partial charge in [-0.15, -0.1) is 0 Å². The molecule has 0 aliphatic carbocycles. The topological polar surface area (TPSA) is 25.2 Å². The van der Waals surface area contributed by atoms with Gasteiger partial charge in [0.25, 0.3) is 0 Å². The van der Waals surface area contributed by atoms with E-state index >= 15 is 0 Å². The molecule has 0 saturated heterocycles. The lowest BCUT2D eigenvalue weighted by Gasteiger charge is -2.23. The Morgan fingerprint density at radius 2 is 2.06 bits per heavy atom. The van der Waals surface area contributed by atoms with E-state index in [1.807, 2.05) is 6.26 Å². The fourth-order valence-electron chi connectivity index (χ4n) is 2.64. The van der Waals surface area contributed by atoms with Gasteiger partial charge in [-0.2, -0.15) is 0 Å². The van der Waals surface area contributed by atoms with Crippen molar-refractivity contribution in [1.82, 2.24) is 5.32 Å². The Hall–Kier alpha value is -0.760. The Bertz CT molecular complexity index is 319. The molecule has 2 nitrogen and oxygen atoms in total. The maximum atomic E-state index is 5.45. The van der Waals surface area contributed by atoms with Crippen molar-refractivity contribution in [3.8, 4) is 0 Å². The lowest BCUT2D eigenvalue weighted by atomic mass is 9.89. The number of nitrogens with one attached hydrogen (secondary N) is 1. The molecule has 0 radical (unpaired) electrons. The average Bonchev–Trinajstić information content (AvgIpc) is 2.79. The van der Waals surface area contributed by atoms with E-state index in [9.17, 15) is 0 Å². The van der Waals surface area contributed by atoms with Gasteiger partial charge in [0.05, 0.1) is 6.26 Å². The Morgan fingerprint density at radius 1 is 1.28 bits per heavy atom. The van der Waals surface area contributed by atoms with E-state index in [2.05, 4.69) is 39.1 Å². The summed E-state index contributed by atoms with van der Waals surface area (Å²) in [7, 11) is 0. The number of unbranched alkanes of at least 4 members (excludes halogenated alkanes) is 1. The van der Waals surface area contributed by atoms with Crippen LogP contribution in [0.3, 0.4) is 0 Å². The smallest absolute Gasteiger partial charge is 0.105 e. The molecule has 0 fully saturated rings. The highest BCUT2D eigenvalue weighted by atomic mass is 16.3. The number of hydrogen-bond donors (Lipinski definition) is 1. The summed E-state index contributed by atoms with van der Waals surface area (Å²) in [5.41, 5.74) is 1.34. The molecule has 0 aromatic carbocycles. The maximum Gasteiger partial charge on any atom is 0.105 e. The minimum absolute atomic E-state index is 0.454. The standard InChI is InChI=1S/C16H29NO/c1-5-8-9-14(6-2)12-16(17-7-3)15-10-11-18-13(15)4/h10-11,14,16-17H,5-9,12H2,1-4H3. The first-order valence-corrected chi connectivity index (χ1v) is 7.50. The van der Waals surface area contributed by atoms with Crippen molar-refractivity contribution in [1.29, 1.82) is 0 Å². The van der Waals surface area contributed by atoms with Gasteiger partial charge in [-0.05, 0) is 31.9 Å². The molecule has 2 atom stereocenters. The van der Waals surface area contributed by atoms with Gasteiger partial charge in [0.15, 0.2) is 0 Å². The van der Waals surface area contributed by atoms with E-state index in [1.54, 1.807) is 0 Å². The molecule has 0 aliphatic heterocycles. The van der Waals surface area contributed by atoms with Crippen LogP contribution >= 0.6 is 0 Å². The molecule has 1 heterocycles. The number of furan rings is 1. The molecule has 1 aromatic heterocycles. The summed E-state index contributed by atoms with van der Waals surface area (Å²) in [5, 5.41) is 3.61. The molecular formula is C16H29NO. The van der Waals surface area contributed by atoms with Gasteiger partial charge in [0, 0.05) is 11.6 Å².